The van der Waals surface area contributed by atoms with Gasteiger partial charge in [-0.3, -0.25) is 4.31 Å². The maximum atomic E-state index is 5.91. The van der Waals surface area contributed by atoms with Crippen LogP contribution in [0.3, 0.4) is 0 Å². The number of anilines is 4. The van der Waals surface area contributed by atoms with Crippen LogP contribution in [0.2, 0.25) is 0 Å². The van der Waals surface area contributed by atoms with Gasteiger partial charge in [-0.15, -0.1) is 0 Å². The lowest BCUT2D eigenvalue weighted by Gasteiger charge is -2.20. The van der Waals surface area contributed by atoms with Crippen molar-refractivity contribution in [2.24, 2.45) is 0 Å². The molecular formula is C12H13N3S. The van der Waals surface area contributed by atoms with E-state index in [1.165, 1.54) is 0 Å². The molecule has 0 aliphatic carbocycles. The highest BCUT2D eigenvalue weighted by Gasteiger charge is 2.09. The third kappa shape index (κ3) is 1.92. The van der Waals surface area contributed by atoms with E-state index in [1.807, 2.05) is 42.5 Å². The van der Waals surface area contributed by atoms with E-state index in [2.05, 4.69) is 12.8 Å². The first kappa shape index (κ1) is 10.7. The van der Waals surface area contributed by atoms with Crippen LogP contribution in [0.15, 0.2) is 48.5 Å². The summed E-state index contributed by atoms with van der Waals surface area (Å²) in [6, 6.07) is 15.3. The minimum Gasteiger partial charge on any atom is -0.397 e. The molecule has 0 spiro atoms. The highest BCUT2D eigenvalue weighted by molar-refractivity contribution is 7.82. The summed E-state index contributed by atoms with van der Waals surface area (Å²) in [5.74, 6) is 0. The Morgan fingerprint density at radius 1 is 0.875 bits per heavy atom. The molecule has 16 heavy (non-hydrogen) atoms. The fraction of sp³-hybridized carbons (Fsp3) is 0. The van der Waals surface area contributed by atoms with Gasteiger partial charge in [-0.05, 0) is 24.3 Å². The lowest BCUT2D eigenvalue weighted by atomic mass is 10.2. The molecule has 0 aliphatic heterocycles. The fourth-order valence-corrected chi connectivity index (χ4v) is 1.77. The molecule has 0 amide bonds. The molecule has 0 aliphatic rings. The Labute approximate surface area is 100 Å². The van der Waals surface area contributed by atoms with E-state index >= 15 is 0 Å². The number of hydrogen-bond acceptors (Lipinski definition) is 4. The summed E-state index contributed by atoms with van der Waals surface area (Å²) in [5.41, 5.74) is 14.5. The van der Waals surface area contributed by atoms with Gasteiger partial charge in [-0.25, -0.2) is 0 Å². The van der Waals surface area contributed by atoms with Crippen LogP contribution in [0.1, 0.15) is 0 Å². The third-order valence-electron chi connectivity index (χ3n) is 2.35. The van der Waals surface area contributed by atoms with E-state index in [-0.39, 0.29) is 0 Å². The minimum absolute atomic E-state index is 0.543. The summed E-state index contributed by atoms with van der Waals surface area (Å²) in [6.45, 7) is 0. The van der Waals surface area contributed by atoms with Crippen LogP contribution in [-0.4, -0.2) is 0 Å². The number of para-hydroxylation sites is 2. The predicted octanol–water partition coefficient (Wildman–Crippen LogP) is 2.83. The zero-order chi connectivity index (χ0) is 11.5. The molecule has 0 aromatic heterocycles. The zero-order valence-electron chi connectivity index (χ0n) is 8.67. The van der Waals surface area contributed by atoms with Crippen molar-refractivity contribution in [2.45, 2.75) is 0 Å². The maximum Gasteiger partial charge on any atom is 0.0798 e. The van der Waals surface area contributed by atoms with E-state index in [0.29, 0.717) is 11.4 Å². The first-order valence-corrected chi connectivity index (χ1v) is 5.28. The molecule has 0 bridgehead atoms. The molecule has 0 fully saturated rings. The monoisotopic (exact) mass is 231 g/mol. The lowest BCUT2D eigenvalue weighted by molar-refractivity contribution is 1.44. The second-order valence-electron chi connectivity index (χ2n) is 3.43. The Morgan fingerprint density at radius 2 is 1.56 bits per heavy atom. The third-order valence-corrected chi connectivity index (χ3v) is 2.79. The Bertz CT molecular complexity index is 485. The maximum absolute atomic E-state index is 5.91. The van der Waals surface area contributed by atoms with E-state index in [9.17, 15) is 0 Å². The largest absolute Gasteiger partial charge is 0.397 e. The van der Waals surface area contributed by atoms with E-state index < -0.39 is 0 Å². The second kappa shape index (κ2) is 4.37. The average Bonchev–Trinajstić information content (AvgIpc) is 2.33. The number of benzene rings is 2. The van der Waals surface area contributed by atoms with Gasteiger partial charge in [-0.2, -0.15) is 0 Å². The summed E-state index contributed by atoms with van der Waals surface area (Å²) in [4.78, 5) is 0. The molecule has 2 aromatic rings. The Kier molecular flexibility index (Phi) is 2.92. The van der Waals surface area contributed by atoms with Crippen molar-refractivity contribution >= 4 is 35.6 Å². The summed E-state index contributed by atoms with van der Waals surface area (Å²) < 4.78 is 1.71. The first-order chi connectivity index (χ1) is 7.70. The van der Waals surface area contributed by atoms with Gasteiger partial charge in [0.1, 0.15) is 0 Å². The molecule has 0 unspecified atom stereocenters. The van der Waals surface area contributed by atoms with Gasteiger partial charge in [0.05, 0.1) is 22.7 Å². The van der Waals surface area contributed by atoms with Gasteiger partial charge >= 0.3 is 0 Å². The van der Waals surface area contributed by atoms with Crippen LogP contribution in [0.25, 0.3) is 0 Å². The molecule has 0 atom stereocenters. The number of thiol groups is 1. The minimum atomic E-state index is 0.543. The molecule has 82 valence electrons. The number of nitrogen functional groups attached to an aromatic ring is 2. The Hall–Kier alpha value is -1.81. The number of nitrogens with two attached hydrogens (primary N) is 2. The lowest BCUT2D eigenvalue weighted by Crippen LogP contribution is -2.06. The molecule has 0 radical (unpaired) electrons. The van der Waals surface area contributed by atoms with Crippen molar-refractivity contribution in [3.63, 3.8) is 0 Å². The summed E-state index contributed by atoms with van der Waals surface area (Å²) >= 11 is 4.42. The molecule has 2 aromatic carbocycles. The van der Waals surface area contributed by atoms with Gasteiger partial charge in [0, 0.05) is 0 Å². The molecule has 0 heterocycles. The standard InChI is InChI=1S/C12H13N3S/c13-10-7-4-8-11(12(10)14)15(16)9-5-2-1-3-6-9/h1-8,16H,13-14H2. The van der Waals surface area contributed by atoms with Crippen LogP contribution in [0, 0.1) is 0 Å². The summed E-state index contributed by atoms with van der Waals surface area (Å²) in [6.07, 6.45) is 0. The highest BCUT2D eigenvalue weighted by Crippen LogP contribution is 2.34. The molecule has 4 N–H and O–H groups in total. The van der Waals surface area contributed by atoms with Crippen molar-refractivity contribution in [1.82, 2.24) is 0 Å². The van der Waals surface area contributed by atoms with Crippen molar-refractivity contribution < 1.29 is 0 Å². The van der Waals surface area contributed by atoms with Crippen LogP contribution < -0.4 is 15.8 Å². The smallest absolute Gasteiger partial charge is 0.0798 e. The van der Waals surface area contributed by atoms with Crippen LogP contribution >= 0.6 is 12.8 Å². The highest BCUT2D eigenvalue weighted by atomic mass is 32.1. The summed E-state index contributed by atoms with van der Waals surface area (Å²) in [5, 5.41) is 0. The Balaban J connectivity index is 2.42. The molecule has 0 saturated heterocycles. The van der Waals surface area contributed by atoms with Crippen molar-refractivity contribution in [2.75, 3.05) is 15.8 Å². The topological polar surface area (TPSA) is 55.3 Å². The average molecular weight is 231 g/mol. The van der Waals surface area contributed by atoms with Gasteiger partial charge in [0.25, 0.3) is 0 Å². The van der Waals surface area contributed by atoms with Crippen LogP contribution in [0.5, 0.6) is 0 Å². The van der Waals surface area contributed by atoms with Gasteiger partial charge in [0.2, 0.25) is 0 Å². The van der Waals surface area contributed by atoms with Gasteiger partial charge in [0.15, 0.2) is 0 Å². The molecule has 2 rings (SSSR count). The predicted molar refractivity (Wildman–Crippen MR) is 72.8 cm³/mol. The van der Waals surface area contributed by atoms with Crippen LogP contribution in [0.4, 0.5) is 22.7 Å². The van der Waals surface area contributed by atoms with E-state index in [4.69, 9.17) is 11.5 Å². The first-order valence-electron chi connectivity index (χ1n) is 4.88. The summed E-state index contributed by atoms with van der Waals surface area (Å²) in [7, 11) is 0. The second-order valence-corrected chi connectivity index (χ2v) is 3.83. The van der Waals surface area contributed by atoms with E-state index in [0.717, 1.165) is 11.4 Å². The van der Waals surface area contributed by atoms with Crippen LogP contribution in [-0.2, 0) is 0 Å². The van der Waals surface area contributed by atoms with Gasteiger partial charge < -0.3 is 11.5 Å². The molecule has 3 nitrogen and oxygen atoms in total. The normalized spacial score (nSPS) is 10.1. The van der Waals surface area contributed by atoms with Crippen molar-refractivity contribution in [3.8, 4) is 0 Å². The molecule has 0 saturated carbocycles. The molecular weight excluding hydrogens is 218 g/mol. The number of rotatable bonds is 2. The zero-order valence-corrected chi connectivity index (χ0v) is 9.56. The molecule has 4 heteroatoms. The van der Waals surface area contributed by atoms with Crippen molar-refractivity contribution in [3.05, 3.63) is 48.5 Å². The Morgan fingerprint density at radius 3 is 2.25 bits per heavy atom. The SMILES string of the molecule is Nc1cccc(N(S)c2ccccc2)c1N. The number of hydrogen-bond donors (Lipinski definition) is 3. The van der Waals surface area contributed by atoms with Crippen molar-refractivity contribution in [1.29, 1.82) is 0 Å². The fourth-order valence-electron chi connectivity index (χ4n) is 1.46. The van der Waals surface area contributed by atoms with E-state index in [1.54, 1.807) is 10.4 Å². The van der Waals surface area contributed by atoms with Gasteiger partial charge in [-0.1, -0.05) is 37.1 Å². The quantitative estimate of drug-likeness (QED) is 0.550. The number of nitrogens with zero attached hydrogens (tertiary/aromatic N) is 1.